The molecule has 0 aromatic carbocycles. The molecule has 0 radical (unpaired) electrons. The highest BCUT2D eigenvalue weighted by Gasteiger charge is 2.22. The minimum atomic E-state index is -0.0779. The summed E-state index contributed by atoms with van der Waals surface area (Å²) in [6.07, 6.45) is 5.01. The van der Waals surface area contributed by atoms with E-state index in [4.69, 9.17) is 4.98 Å². The number of carbonyl (C=O) groups is 1. The number of amides is 1. The zero-order valence-electron chi connectivity index (χ0n) is 18.2. The summed E-state index contributed by atoms with van der Waals surface area (Å²) >= 11 is 1.36. The Morgan fingerprint density at radius 1 is 1.10 bits per heavy atom. The summed E-state index contributed by atoms with van der Waals surface area (Å²) in [5.41, 5.74) is 0.802. The fraction of sp³-hybridized carbons (Fsp3) is 0.682. The second kappa shape index (κ2) is 9.58. The van der Waals surface area contributed by atoms with Gasteiger partial charge in [0, 0.05) is 45.7 Å². The predicted octanol–water partition coefficient (Wildman–Crippen LogP) is 2.25. The topological polar surface area (TPSA) is 70.5 Å². The first kappa shape index (κ1) is 21.5. The molecule has 30 heavy (non-hydrogen) atoms. The van der Waals surface area contributed by atoms with E-state index < -0.39 is 0 Å². The Bertz CT molecular complexity index is 959. The number of fused-ring (bicyclic) bond motifs is 2. The van der Waals surface area contributed by atoms with Gasteiger partial charge in [0.2, 0.25) is 0 Å². The highest BCUT2D eigenvalue weighted by molar-refractivity contribution is 7.20. The number of carbonyl (C=O) groups excluding carboxylic acids is 1. The molecule has 164 valence electrons. The summed E-state index contributed by atoms with van der Waals surface area (Å²) in [5.74, 6) is 0.798. The van der Waals surface area contributed by atoms with Crippen molar-refractivity contribution in [3.8, 4) is 0 Å². The van der Waals surface area contributed by atoms with Crippen LogP contribution >= 0.6 is 11.3 Å². The maximum absolute atomic E-state index is 13.1. The standard InChI is InChI=1S/C22H33N5O2S/c1-3-25-12-14-26(15-13-25)10-7-9-23-20(28)19-16(2)18-21(30-19)24-17-8-5-4-6-11-27(17)22(18)29/h3-15H2,1-2H3,(H,23,28). The van der Waals surface area contributed by atoms with Crippen LogP contribution in [0.3, 0.4) is 0 Å². The lowest BCUT2D eigenvalue weighted by Gasteiger charge is -2.33. The van der Waals surface area contributed by atoms with Crippen LogP contribution in [-0.4, -0.2) is 71.1 Å². The molecule has 7 nitrogen and oxygen atoms in total. The van der Waals surface area contributed by atoms with Crippen LogP contribution in [0.15, 0.2) is 4.79 Å². The van der Waals surface area contributed by atoms with Gasteiger partial charge in [0.15, 0.2) is 0 Å². The molecule has 2 aliphatic heterocycles. The zero-order valence-corrected chi connectivity index (χ0v) is 19.0. The van der Waals surface area contributed by atoms with Crippen molar-refractivity contribution < 1.29 is 4.79 Å². The second-order valence-corrected chi connectivity index (χ2v) is 9.42. The number of aromatic nitrogens is 2. The number of aryl methyl sites for hydroxylation is 2. The Hall–Kier alpha value is -1.77. The average molecular weight is 432 g/mol. The van der Waals surface area contributed by atoms with E-state index in [1.807, 2.05) is 11.5 Å². The number of nitrogens with one attached hydrogen (secondary N) is 1. The van der Waals surface area contributed by atoms with E-state index >= 15 is 0 Å². The molecular weight excluding hydrogens is 398 g/mol. The minimum absolute atomic E-state index is 0.0240. The van der Waals surface area contributed by atoms with Crippen molar-refractivity contribution in [3.63, 3.8) is 0 Å². The van der Waals surface area contributed by atoms with Crippen LogP contribution in [0.25, 0.3) is 10.2 Å². The lowest BCUT2D eigenvalue weighted by atomic mass is 10.2. The Balaban J connectivity index is 1.38. The smallest absolute Gasteiger partial charge is 0.262 e. The molecular formula is C22H33N5O2S. The van der Waals surface area contributed by atoms with Crippen molar-refractivity contribution in [1.29, 1.82) is 0 Å². The maximum atomic E-state index is 13.1. The van der Waals surface area contributed by atoms with Crippen LogP contribution in [0.1, 0.15) is 53.7 Å². The Morgan fingerprint density at radius 2 is 1.87 bits per heavy atom. The fourth-order valence-electron chi connectivity index (χ4n) is 4.54. The molecule has 0 saturated carbocycles. The number of thiophene rings is 1. The van der Waals surface area contributed by atoms with Gasteiger partial charge < -0.3 is 15.1 Å². The lowest BCUT2D eigenvalue weighted by Crippen LogP contribution is -2.46. The average Bonchev–Trinajstić information content (AvgIpc) is 2.92. The van der Waals surface area contributed by atoms with E-state index in [1.165, 1.54) is 11.3 Å². The van der Waals surface area contributed by atoms with Crippen molar-refractivity contribution >= 4 is 27.5 Å². The summed E-state index contributed by atoms with van der Waals surface area (Å²) in [6.45, 7) is 12.1. The van der Waals surface area contributed by atoms with E-state index in [-0.39, 0.29) is 11.5 Å². The summed E-state index contributed by atoms with van der Waals surface area (Å²) in [6, 6.07) is 0. The number of piperazine rings is 1. The van der Waals surface area contributed by atoms with Gasteiger partial charge >= 0.3 is 0 Å². The molecule has 1 saturated heterocycles. The number of hydrogen-bond donors (Lipinski definition) is 1. The molecule has 0 spiro atoms. The molecule has 4 heterocycles. The molecule has 2 aliphatic rings. The molecule has 4 rings (SSSR count). The number of hydrogen-bond acceptors (Lipinski definition) is 6. The predicted molar refractivity (Wildman–Crippen MR) is 122 cm³/mol. The first-order valence-corrected chi connectivity index (χ1v) is 12.2. The van der Waals surface area contributed by atoms with Crippen LogP contribution in [0.2, 0.25) is 0 Å². The van der Waals surface area contributed by atoms with Gasteiger partial charge in [-0.2, -0.15) is 0 Å². The van der Waals surface area contributed by atoms with Crippen LogP contribution in [0, 0.1) is 6.92 Å². The van der Waals surface area contributed by atoms with E-state index in [0.717, 1.165) is 89.3 Å². The van der Waals surface area contributed by atoms with Crippen LogP contribution < -0.4 is 10.9 Å². The minimum Gasteiger partial charge on any atom is -0.351 e. The first-order chi connectivity index (χ1) is 14.6. The maximum Gasteiger partial charge on any atom is 0.262 e. The third-order valence-electron chi connectivity index (χ3n) is 6.47. The largest absolute Gasteiger partial charge is 0.351 e. The van der Waals surface area contributed by atoms with Gasteiger partial charge in [-0.15, -0.1) is 11.3 Å². The lowest BCUT2D eigenvalue weighted by molar-refractivity contribution is 0.0952. The quantitative estimate of drug-likeness (QED) is 0.711. The molecule has 8 heteroatoms. The van der Waals surface area contributed by atoms with Crippen molar-refractivity contribution in [2.75, 3.05) is 45.8 Å². The number of rotatable bonds is 6. The third kappa shape index (κ3) is 4.45. The van der Waals surface area contributed by atoms with Crippen molar-refractivity contribution in [2.24, 2.45) is 0 Å². The van der Waals surface area contributed by atoms with Crippen LogP contribution in [0.4, 0.5) is 0 Å². The van der Waals surface area contributed by atoms with Gasteiger partial charge in [0.05, 0.1) is 10.3 Å². The number of likely N-dealkylation sites (N-methyl/N-ethyl adjacent to an activating group) is 1. The molecule has 2 aromatic heterocycles. The van der Waals surface area contributed by atoms with Gasteiger partial charge in [-0.3, -0.25) is 14.2 Å². The highest BCUT2D eigenvalue weighted by Crippen LogP contribution is 2.28. The molecule has 0 unspecified atom stereocenters. The molecule has 1 N–H and O–H groups in total. The highest BCUT2D eigenvalue weighted by atomic mass is 32.1. The van der Waals surface area contributed by atoms with Gasteiger partial charge in [-0.05, 0) is 44.8 Å². The molecule has 1 amide bonds. The molecule has 0 aliphatic carbocycles. The molecule has 2 aromatic rings. The van der Waals surface area contributed by atoms with E-state index in [0.29, 0.717) is 21.6 Å². The number of nitrogens with zero attached hydrogens (tertiary/aromatic N) is 4. The van der Waals surface area contributed by atoms with Crippen molar-refractivity contribution in [3.05, 3.63) is 26.6 Å². The molecule has 1 fully saturated rings. The van der Waals surface area contributed by atoms with Gasteiger partial charge in [0.25, 0.3) is 11.5 Å². The normalized spacial score (nSPS) is 18.3. The summed E-state index contributed by atoms with van der Waals surface area (Å²) in [7, 11) is 0. The summed E-state index contributed by atoms with van der Waals surface area (Å²) < 4.78 is 1.83. The van der Waals surface area contributed by atoms with Gasteiger partial charge in [-0.25, -0.2) is 4.98 Å². The van der Waals surface area contributed by atoms with E-state index in [1.54, 1.807) is 0 Å². The monoisotopic (exact) mass is 431 g/mol. The Kier molecular flexibility index (Phi) is 6.85. The molecule has 0 atom stereocenters. The van der Waals surface area contributed by atoms with Crippen LogP contribution in [0.5, 0.6) is 0 Å². The Labute approximate surface area is 182 Å². The Morgan fingerprint density at radius 3 is 2.63 bits per heavy atom. The fourth-order valence-corrected chi connectivity index (χ4v) is 5.65. The van der Waals surface area contributed by atoms with E-state index in [9.17, 15) is 9.59 Å². The van der Waals surface area contributed by atoms with Gasteiger partial charge in [-0.1, -0.05) is 13.3 Å². The third-order valence-corrected chi connectivity index (χ3v) is 7.65. The first-order valence-electron chi connectivity index (χ1n) is 11.3. The zero-order chi connectivity index (χ0) is 21.1. The second-order valence-electron chi connectivity index (χ2n) is 8.42. The van der Waals surface area contributed by atoms with Crippen molar-refractivity contribution in [1.82, 2.24) is 24.7 Å². The summed E-state index contributed by atoms with van der Waals surface area (Å²) in [5, 5.41) is 3.69. The SMILES string of the molecule is CCN1CCN(CCCNC(=O)c2sc3nc4n(c(=O)c3c2C)CCCCC4)CC1. The van der Waals surface area contributed by atoms with E-state index in [2.05, 4.69) is 22.0 Å². The van der Waals surface area contributed by atoms with Crippen molar-refractivity contribution in [2.45, 2.75) is 52.5 Å². The van der Waals surface area contributed by atoms with Crippen LogP contribution in [-0.2, 0) is 13.0 Å². The van der Waals surface area contributed by atoms with Gasteiger partial charge in [0.1, 0.15) is 10.7 Å². The summed E-state index contributed by atoms with van der Waals surface area (Å²) in [4.78, 5) is 36.9. The molecule has 0 bridgehead atoms.